The molecule has 1 amide bonds. The molecular weight excluding hydrogens is 240 g/mol. The summed E-state index contributed by atoms with van der Waals surface area (Å²) in [6.07, 6.45) is 2.28. The average molecular weight is 268 g/mol. The summed E-state index contributed by atoms with van der Waals surface area (Å²) in [5.74, 6) is 0.540. The van der Waals surface area contributed by atoms with Crippen LogP contribution in [0.25, 0.3) is 0 Å². The summed E-state index contributed by atoms with van der Waals surface area (Å²) in [6.45, 7) is 13.4. The molecule has 0 bridgehead atoms. The minimum atomic E-state index is -0.318. The fourth-order valence-corrected chi connectivity index (χ4v) is 2.36. The van der Waals surface area contributed by atoms with Gasteiger partial charge < -0.3 is 15.4 Å². The number of hydrogen-bond acceptors (Lipinski definition) is 3. The van der Waals surface area contributed by atoms with Crippen molar-refractivity contribution in [1.82, 2.24) is 10.6 Å². The van der Waals surface area contributed by atoms with Gasteiger partial charge >= 0.3 is 0 Å². The highest BCUT2D eigenvalue weighted by Crippen LogP contribution is 2.31. The molecule has 0 aromatic heterocycles. The van der Waals surface area contributed by atoms with Gasteiger partial charge in [-0.1, -0.05) is 26.0 Å². The van der Waals surface area contributed by atoms with Crippen LogP contribution >= 0.6 is 0 Å². The SMILES string of the molecule is C=C(C)COCCNC(=O)C(C)(C)C1CCCNC1. The van der Waals surface area contributed by atoms with Crippen LogP contribution in [0.3, 0.4) is 0 Å². The van der Waals surface area contributed by atoms with Crippen molar-refractivity contribution in [3.63, 3.8) is 0 Å². The molecule has 1 saturated heterocycles. The number of hydrogen-bond donors (Lipinski definition) is 2. The van der Waals surface area contributed by atoms with Crippen molar-refractivity contribution in [2.45, 2.75) is 33.6 Å². The number of amides is 1. The van der Waals surface area contributed by atoms with Gasteiger partial charge in [-0.25, -0.2) is 0 Å². The molecule has 0 aromatic carbocycles. The standard InChI is InChI=1S/C15H28N2O2/c1-12(2)11-19-9-8-17-14(18)15(3,4)13-6-5-7-16-10-13/h13,16H,1,5-11H2,2-4H3,(H,17,18). The highest BCUT2D eigenvalue weighted by Gasteiger charge is 2.36. The minimum Gasteiger partial charge on any atom is -0.375 e. The van der Waals surface area contributed by atoms with E-state index < -0.39 is 0 Å². The first-order valence-corrected chi connectivity index (χ1v) is 7.15. The van der Waals surface area contributed by atoms with Crippen molar-refractivity contribution >= 4 is 5.91 Å². The summed E-state index contributed by atoms with van der Waals surface area (Å²) < 4.78 is 5.38. The quantitative estimate of drug-likeness (QED) is 0.546. The summed E-state index contributed by atoms with van der Waals surface area (Å²) in [4.78, 5) is 12.2. The lowest BCUT2D eigenvalue weighted by Gasteiger charge is -2.36. The second kappa shape index (κ2) is 7.65. The molecule has 4 nitrogen and oxygen atoms in total. The molecule has 1 rings (SSSR count). The summed E-state index contributed by atoms with van der Waals surface area (Å²) >= 11 is 0. The molecule has 1 fully saturated rings. The number of carbonyl (C=O) groups is 1. The van der Waals surface area contributed by atoms with Crippen LogP contribution in [0.2, 0.25) is 0 Å². The molecule has 0 saturated carbocycles. The van der Waals surface area contributed by atoms with Gasteiger partial charge in [0.15, 0.2) is 0 Å². The number of ether oxygens (including phenoxy) is 1. The molecule has 0 aliphatic carbocycles. The van der Waals surface area contributed by atoms with Crippen LogP contribution in [-0.2, 0) is 9.53 Å². The average Bonchev–Trinajstić information content (AvgIpc) is 2.38. The molecule has 1 atom stereocenters. The van der Waals surface area contributed by atoms with Crippen molar-refractivity contribution in [3.05, 3.63) is 12.2 Å². The Morgan fingerprint density at radius 2 is 2.26 bits per heavy atom. The van der Waals surface area contributed by atoms with E-state index in [1.165, 1.54) is 0 Å². The van der Waals surface area contributed by atoms with E-state index in [1.807, 2.05) is 20.8 Å². The van der Waals surface area contributed by atoms with Crippen LogP contribution in [0, 0.1) is 11.3 Å². The van der Waals surface area contributed by atoms with Crippen LogP contribution in [0.4, 0.5) is 0 Å². The Balaban J connectivity index is 2.28. The number of nitrogens with one attached hydrogen (secondary N) is 2. The summed E-state index contributed by atoms with van der Waals surface area (Å²) in [5.41, 5.74) is 0.682. The zero-order valence-electron chi connectivity index (χ0n) is 12.6. The van der Waals surface area contributed by atoms with E-state index in [0.29, 0.717) is 25.7 Å². The smallest absolute Gasteiger partial charge is 0.226 e. The lowest BCUT2D eigenvalue weighted by molar-refractivity contribution is -0.132. The normalized spacial score (nSPS) is 20.1. The zero-order valence-corrected chi connectivity index (χ0v) is 12.6. The second-order valence-electron chi connectivity index (χ2n) is 6.03. The van der Waals surface area contributed by atoms with Crippen molar-refractivity contribution in [3.8, 4) is 0 Å². The molecule has 19 heavy (non-hydrogen) atoms. The van der Waals surface area contributed by atoms with E-state index in [4.69, 9.17) is 4.74 Å². The van der Waals surface area contributed by atoms with Gasteiger partial charge in [0, 0.05) is 12.0 Å². The van der Waals surface area contributed by atoms with Crippen LogP contribution < -0.4 is 10.6 Å². The number of piperidine rings is 1. The zero-order chi connectivity index (χ0) is 14.3. The Bertz CT molecular complexity index is 307. The van der Waals surface area contributed by atoms with Crippen LogP contribution in [0.15, 0.2) is 12.2 Å². The maximum atomic E-state index is 12.2. The fraction of sp³-hybridized carbons (Fsp3) is 0.800. The van der Waals surface area contributed by atoms with E-state index in [9.17, 15) is 4.79 Å². The Labute approximate surface area is 117 Å². The first kappa shape index (κ1) is 16.2. The predicted molar refractivity (Wildman–Crippen MR) is 78.0 cm³/mol. The molecule has 4 heteroatoms. The highest BCUT2D eigenvalue weighted by atomic mass is 16.5. The second-order valence-corrected chi connectivity index (χ2v) is 6.03. The van der Waals surface area contributed by atoms with Crippen LogP contribution in [0.1, 0.15) is 33.6 Å². The highest BCUT2D eigenvalue weighted by molar-refractivity contribution is 5.82. The fourth-order valence-electron chi connectivity index (χ4n) is 2.36. The van der Waals surface area contributed by atoms with E-state index in [-0.39, 0.29) is 11.3 Å². The van der Waals surface area contributed by atoms with E-state index in [0.717, 1.165) is 31.5 Å². The maximum Gasteiger partial charge on any atom is 0.226 e. The van der Waals surface area contributed by atoms with Gasteiger partial charge in [-0.05, 0) is 38.8 Å². The largest absolute Gasteiger partial charge is 0.375 e. The molecule has 0 aromatic rings. The lowest BCUT2D eigenvalue weighted by Crippen LogP contribution is -2.47. The van der Waals surface area contributed by atoms with Crippen molar-refractivity contribution in [2.24, 2.45) is 11.3 Å². The molecule has 1 heterocycles. The molecule has 2 N–H and O–H groups in total. The third-order valence-corrected chi connectivity index (χ3v) is 3.78. The van der Waals surface area contributed by atoms with Gasteiger partial charge in [0.05, 0.1) is 13.2 Å². The van der Waals surface area contributed by atoms with Crippen LogP contribution in [0.5, 0.6) is 0 Å². The third-order valence-electron chi connectivity index (χ3n) is 3.78. The molecule has 1 aliphatic rings. The molecular formula is C15H28N2O2. The first-order valence-electron chi connectivity index (χ1n) is 7.15. The number of carbonyl (C=O) groups excluding carboxylic acids is 1. The summed E-state index contributed by atoms with van der Waals surface area (Å²) in [5, 5.41) is 6.34. The molecule has 1 aliphatic heterocycles. The Kier molecular flexibility index (Phi) is 6.52. The van der Waals surface area contributed by atoms with Gasteiger partial charge in [-0.2, -0.15) is 0 Å². The van der Waals surface area contributed by atoms with E-state index >= 15 is 0 Å². The molecule has 1 unspecified atom stereocenters. The molecule has 110 valence electrons. The number of rotatable bonds is 7. The van der Waals surface area contributed by atoms with E-state index in [1.54, 1.807) is 0 Å². The van der Waals surface area contributed by atoms with E-state index in [2.05, 4.69) is 17.2 Å². The Morgan fingerprint density at radius 1 is 1.53 bits per heavy atom. The first-order chi connectivity index (χ1) is 8.94. The van der Waals surface area contributed by atoms with Gasteiger partial charge in [-0.15, -0.1) is 0 Å². The molecule has 0 spiro atoms. The van der Waals surface area contributed by atoms with Crippen molar-refractivity contribution < 1.29 is 9.53 Å². The van der Waals surface area contributed by atoms with Gasteiger partial charge in [0.25, 0.3) is 0 Å². The Hall–Kier alpha value is -0.870. The third kappa shape index (κ3) is 5.33. The van der Waals surface area contributed by atoms with Crippen molar-refractivity contribution in [1.29, 1.82) is 0 Å². The summed E-state index contributed by atoms with van der Waals surface area (Å²) in [6, 6.07) is 0. The molecule has 0 radical (unpaired) electrons. The van der Waals surface area contributed by atoms with Gasteiger partial charge in [-0.3, -0.25) is 4.79 Å². The van der Waals surface area contributed by atoms with Gasteiger partial charge in [0.2, 0.25) is 5.91 Å². The topological polar surface area (TPSA) is 50.4 Å². The maximum absolute atomic E-state index is 12.2. The van der Waals surface area contributed by atoms with Crippen molar-refractivity contribution in [2.75, 3.05) is 32.8 Å². The van der Waals surface area contributed by atoms with Gasteiger partial charge in [0.1, 0.15) is 0 Å². The Morgan fingerprint density at radius 3 is 2.84 bits per heavy atom. The lowest BCUT2D eigenvalue weighted by atomic mass is 9.74. The van der Waals surface area contributed by atoms with Crippen LogP contribution in [-0.4, -0.2) is 38.8 Å². The predicted octanol–water partition coefficient (Wildman–Crippen LogP) is 1.72. The minimum absolute atomic E-state index is 0.125. The monoisotopic (exact) mass is 268 g/mol. The summed E-state index contributed by atoms with van der Waals surface area (Å²) in [7, 11) is 0.